The van der Waals surface area contributed by atoms with E-state index in [0.29, 0.717) is 32.8 Å². The highest BCUT2D eigenvalue weighted by molar-refractivity contribution is 5.74. The fraction of sp³-hybridized carbons (Fsp3) is 0.750. The third-order valence-corrected chi connectivity index (χ3v) is 2.09. The van der Waals surface area contributed by atoms with Gasteiger partial charge in [-0.05, 0) is 20.8 Å². The monoisotopic (exact) mass is 224 g/mol. The van der Waals surface area contributed by atoms with Crippen LogP contribution in [0.2, 0.25) is 0 Å². The molecule has 1 heterocycles. The van der Waals surface area contributed by atoms with Crippen LogP contribution in [0.5, 0.6) is 0 Å². The predicted molar refractivity (Wildman–Crippen MR) is 63.0 cm³/mol. The van der Waals surface area contributed by atoms with E-state index in [1.165, 1.54) is 0 Å². The molecule has 0 radical (unpaired) electrons. The van der Waals surface area contributed by atoms with Crippen LogP contribution >= 0.6 is 0 Å². The van der Waals surface area contributed by atoms with E-state index in [2.05, 4.69) is 17.2 Å². The molecule has 16 heavy (non-hydrogen) atoms. The summed E-state index contributed by atoms with van der Waals surface area (Å²) in [6.07, 6.45) is 0. The Bertz CT molecular complexity index is 290. The summed E-state index contributed by atoms with van der Waals surface area (Å²) < 4.78 is 5.17. The van der Waals surface area contributed by atoms with E-state index >= 15 is 0 Å². The summed E-state index contributed by atoms with van der Waals surface area (Å²) >= 11 is 0. The van der Waals surface area contributed by atoms with Crippen molar-refractivity contribution in [2.24, 2.45) is 5.41 Å². The van der Waals surface area contributed by atoms with Gasteiger partial charge in [-0.1, -0.05) is 11.8 Å². The van der Waals surface area contributed by atoms with Gasteiger partial charge >= 0.3 is 6.03 Å². The first-order valence-corrected chi connectivity index (χ1v) is 5.59. The minimum Gasteiger partial charge on any atom is -0.378 e. The zero-order valence-corrected chi connectivity index (χ0v) is 10.3. The van der Waals surface area contributed by atoms with Gasteiger partial charge in [-0.2, -0.15) is 0 Å². The van der Waals surface area contributed by atoms with Crippen molar-refractivity contribution < 1.29 is 9.53 Å². The van der Waals surface area contributed by atoms with Crippen LogP contribution in [-0.4, -0.2) is 43.8 Å². The van der Waals surface area contributed by atoms with Gasteiger partial charge in [0.1, 0.15) is 0 Å². The molecule has 0 saturated carbocycles. The third-order valence-electron chi connectivity index (χ3n) is 2.09. The molecule has 0 atom stereocenters. The summed E-state index contributed by atoms with van der Waals surface area (Å²) in [6.45, 7) is 9.13. The van der Waals surface area contributed by atoms with Gasteiger partial charge in [-0.3, -0.25) is 0 Å². The number of urea groups is 1. The van der Waals surface area contributed by atoms with E-state index in [4.69, 9.17) is 4.74 Å². The van der Waals surface area contributed by atoms with Crippen molar-refractivity contribution >= 4 is 6.03 Å². The topological polar surface area (TPSA) is 41.6 Å². The fourth-order valence-corrected chi connectivity index (χ4v) is 1.31. The minimum absolute atomic E-state index is 0.0102. The molecule has 4 nitrogen and oxygen atoms in total. The van der Waals surface area contributed by atoms with Crippen molar-refractivity contribution in [2.45, 2.75) is 20.8 Å². The Kier molecular flexibility index (Phi) is 4.63. The number of nitrogens with zero attached hydrogens (tertiary/aromatic N) is 1. The molecule has 0 bridgehead atoms. The van der Waals surface area contributed by atoms with Crippen molar-refractivity contribution in [3.8, 4) is 11.8 Å². The maximum atomic E-state index is 11.6. The largest absolute Gasteiger partial charge is 0.378 e. The van der Waals surface area contributed by atoms with Gasteiger partial charge < -0.3 is 15.0 Å². The summed E-state index contributed by atoms with van der Waals surface area (Å²) in [5.41, 5.74) is -0.0102. The average molecular weight is 224 g/mol. The maximum Gasteiger partial charge on any atom is 0.318 e. The lowest BCUT2D eigenvalue weighted by molar-refractivity contribution is 0.0535. The Morgan fingerprint density at radius 3 is 2.56 bits per heavy atom. The van der Waals surface area contributed by atoms with Crippen molar-refractivity contribution in [3.63, 3.8) is 0 Å². The van der Waals surface area contributed by atoms with Crippen LogP contribution in [0.4, 0.5) is 4.79 Å². The quantitative estimate of drug-likeness (QED) is 0.677. The van der Waals surface area contributed by atoms with Crippen molar-refractivity contribution in [3.05, 3.63) is 0 Å². The van der Waals surface area contributed by atoms with Gasteiger partial charge in [0.25, 0.3) is 0 Å². The lowest BCUT2D eigenvalue weighted by Gasteiger charge is -2.26. The van der Waals surface area contributed by atoms with Crippen LogP contribution in [0.25, 0.3) is 0 Å². The highest BCUT2D eigenvalue weighted by Gasteiger charge is 2.15. The summed E-state index contributed by atoms with van der Waals surface area (Å²) in [5, 5.41) is 2.78. The Morgan fingerprint density at radius 2 is 2.00 bits per heavy atom. The summed E-state index contributed by atoms with van der Waals surface area (Å²) in [7, 11) is 0. The standard InChI is InChI=1S/C12H20N2O2/c1-12(2,3)5-4-6-13-11(15)14-7-9-16-10-8-14/h6-10H2,1-3H3,(H,13,15). The van der Waals surface area contributed by atoms with Crippen LogP contribution in [-0.2, 0) is 4.74 Å². The van der Waals surface area contributed by atoms with Crippen molar-refractivity contribution in [2.75, 3.05) is 32.8 Å². The number of morpholine rings is 1. The second-order valence-electron chi connectivity index (χ2n) is 4.81. The normalized spacial score (nSPS) is 16.3. The lowest BCUT2D eigenvalue weighted by atomic mass is 9.98. The Balaban J connectivity index is 2.26. The highest BCUT2D eigenvalue weighted by atomic mass is 16.5. The molecular weight excluding hydrogens is 204 g/mol. The molecule has 90 valence electrons. The molecule has 1 aliphatic rings. The van der Waals surface area contributed by atoms with Gasteiger partial charge in [0.05, 0.1) is 19.8 Å². The van der Waals surface area contributed by atoms with E-state index in [9.17, 15) is 4.79 Å². The highest BCUT2D eigenvalue weighted by Crippen LogP contribution is 2.09. The molecule has 1 saturated heterocycles. The molecular formula is C12H20N2O2. The van der Waals surface area contributed by atoms with E-state index in [1.54, 1.807) is 4.90 Å². The van der Waals surface area contributed by atoms with Crippen LogP contribution in [0.1, 0.15) is 20.8 Å². The van der Waals surface area contributed by atoms with Crippen LogP contribution in [0.15, 0.2) is 0 Å². The van der Waals surface area contributed by atoms with Gasteiger partial charge in [0, 0.05) is 18.5 Å². The second kappa shape index (κ2) is 5.76. The third kappa shape index (κ3) is 5.04. The Hall–Kier alpha value is -1.21. The van der Waals surface area contributed by atoms with E-state index < -0.39 is 0 Å². The van der Waals surface area contributed by atoms with Crippen LogP contribution in [0.3, 0.4) is 0 Å². The number of hydrogen-bond donors (Lipinski definition) is 1. The smallest absolute Gasteiger partial charge is 0.318 e. The lowest BCUT2D eigenvalue weighted by Crippen LogP contribution is -2.46. The fourth-order valence-electron chi connectivity index (χ4n) is 1.31. The molecule has 2 amide bonds. The number of hydrogen-bond acceptors (Lipinski definition) is 2. The van der Waals surface area contributed by atoms with Crippen molar-refractivity contribution in [1.82, 2.24) is 10.2 Å². The SMILES string of the molecule is CC(C)(C)C#CCNC(=O)N1CCOCC1. The number of amides is 2. The van der Waals surface area contributed by atoms with Gasteiger partial charge in [-0.25, -0.2) is 4.79 Å². The minimum atomic E-state index is -0.0495. The Labute approximate surface area is 97.3 Å². The molecule has 0 aromatic rings. The maximum absolute atomic E-state index is 11.6. The second-order valence-corrected chi connectivity index (χ2v) is 4.81. The summed E-state index contributed by atoms with van der Waals surface area (Å²) in [6, 6.07) is -0.0495. The molecule has 0 aromatic heterocycles. The predicted octanol–water partition coefficient (Wildman–Crippen LogP) is 1.08. The Morgan fingerprint density at radius 1 is 1.38 bits per heavy atom. The summed E-state index contributed by atoms with van der Waals surface area (Å²) in [4.78, 5) is 13.4. The number of nitrogens with one attached hydrogen (secondary N) is 1. The molecule has 1 N–H and O–H groups in total. The molecule has 1 rings (SSSR count). The first-order chi connectivity index (χ1) is 7.49. The molecule has 0 spiro atoms. The van der Waals surface area contributed by atoms with Crippen LogP contribution < -0.4 is 5.32 Å². The molecule has 0 aliphatic carbocycles. The zero-order valence-electron chi connectivity index (χ0n) is 10.3. The molecule has 4 heteroatoms. The first-order valence-electron chi connectivity index (χ1n) is 5.59. The number of ether oxygens (including phenoxy) is 1. The average Bonchev–Trinajstić information content (AvgIpc) is 2.24. The van der Waals surface area contributed by atoms with E-state index in [0.717, 1.165) is 0 Å². The van der Waals surface area contributed by atoms with Crippen molar-refractivity contribution in [1.29, 1.82) is 0 Å². The zero-order chi connectivity index (χ0) is 12.0. The first kappa shape index (κ1) is 12.9. The van der Waals surface area contributed by atoms with Gasteiger partial charge in [-0.15, -0.1) is 0 Å². The van der Waals surface area contributed by atoms with E-state index in [1.807, 2.05) is 20.8 Å². The van der Waals surface area contributed by atoms with Gasteiger partial charge in [0.15, 0.2) is 0 Å². The van der Waals surface area contributed by atoms with Crippen LogP contribution in [0, 0.1) is 17.3 Å². The molecule has 0 aromatic carbocycles. The number of carbonyl (C=O) groups excluding carboxylic acids is 1. The van der Waals surface area contributed by atoms with E-state index in [-0.39, 0.29) is 11.4 Å². The van der Waals surface area contributed by atoms with Gasteiger partial charge in [0.2, 0.25) is 0 Å². The summed E-state index contributed by atoms with van der Waals surface area (Å²) in [5.74, 6) is 6.03. The molecule has 1 aliphatic heterocycles. The number of carbonyl (C=O) groups is 1. The molecule has 1 fully saturated rings. The number of rotatable bonds is 1. The molecule has 0 unspecified atom stereocenters.